The summed E-state index contributed by atoms with van der Waals surface area (Å²) in [6.07, 6.45) is 4.39. The van der Waals surface area contributed by atoms with Crippen LogP contribution >= 0.6 is 0 Å². The molecule has 4 aromatic rings. The van der Waals surface area contributed by atoms with Crippen molar-refractivity contribution in [2.75, 3.05) is 20.0 Å². The van der Waals surface area contributed by atoms with Crippen molar-refractivity contribution >= 4 is 16.7 Å². The topological polar surface area (TPSA) is 105 Å². The molecule has 1 aliphatic carbocycles. The third-order valence-electron chi connectivity index (χ3n) is 6.46. The Kier molecular flexibility index (Phi) is 6.17. The van der Waals surface area contributed by atoms with Gasteiger partial charge in [-0.05, 0) is 62.1 Å². The Morgan fingerprint density at radius 1 is 0.971 bits per heavy atom. The summed E-state index contributed by atoms with van der Waals surface area (Å²) in [6.45, 7) is 0. The Balaban J connectivity index is 1.53. The molecule has 3 N–H and O–H groups in total. The van der Waals surface area contributed by atoms with Gasteiger partial charge in [-0.3, -0.25) is 4.68 Å². The summed E-state index contributed by atoms with van der Waals surface area (Å²) in [5.41, 5.74) is 8.59. The molecule has 0 radical (unpaired) electrons. The Morgan fingerprint density at radius 2 is 1.66 bits per heavy atom. The average molecular weight is 479 g/mol. The van der Waals surface area contributed by atoms with Crippen molar-refractivity contribution in [2.45, 2.75) is 37.8 Å². The van der Waals surface area contributed by atoms with Crippen molar-refractivity contribution < 1.29 is 23.7 Å². The summed E-state index contributed by atoms with van der Waals surface area (Å²) < 4.78 is 32.8. The maximum Gasteiger partial charge on any atom is 0.207 e. The molecule has 0 spiro atoms. The van der Waals surface area contributed by atoms with E-state index in [9.17, 15) is 9.50 Å². The van der Waals surface area contributed by atoms with Crippen molar-refractivity contribution in [1.29, 1.82) is 0 Å². The molecule has 0 saturated heterocycles. The molecule has 1 aliphatic rings. The van der Waals surface area contributed by atoms with Crippen molar-refractivity contribution in [2.24, 2.45) is 0 Å². The molecule has 2 aromatic carbocycles. The molecule has 35 heavy (non-hydrogen) atoms. The third kappa shape index (κ3) is 4.23. The summed E-state index contributed by atoms with van der Waals surface area (Å²) in [6, 6.07) is 12.1. The van der Waals surface area contributed by atoms with E-state index in [1.54, 1.807) is 37.6 Å². The van der Waals surface area contributed by atoms with Crippen LogP contribution in [-0.2, 0) is 0 Å². The van der Waals surface area contributed by atoms with E-state index < -0.39 is 5.82 Å². The normalized spacial score (nSPS) is 17.9. The zero-order valence-corrected chi connectivity index (χ0v) is 19.6. The van der Waals surface area contributed by atoms with Gasteiger partial charge in [-0.2, -0.15) is 9.49 Å². The number of anilines is 1. The summed E-state index contributed by atoms with van der Waals surface area (Å²) >= 11 is 0. The van der Waals surface area contributed by atoms with Crippen LogP contribution < -0.4 is 19.9 Å². The highest BCUT2D eigenvalue weighted by Crippen LogP contribution is 2.41. The van der Waals surface area contributed by atoms with E-state index in [2.05, 4.69) is 4.98 Å². The first-order chi connectivity index (χ1) is 17.0. The quantitative estimate of drug-likeness (QED) is 0.397. The summed E-state index contributed by atoms with van der Waals surface area (Å²) in [7, 11) is 3.00. The number of rotatable bonds is 6. The van der Waals surface area contributed by atoms with Gasteiger partial charge in [-0.25, -0.2) is 4.98 Å². The van der Waals surface area contributed by atoms with Crippen molar-refractivity contribution in [1.82, 2.24) is 14.8 Å². The van der Waals surface area contributed by atoms with Crippen LogP contribution in [0.5, 0.6) is 23.0 Å². The molecule has 8 nitrogen and oxygen atoms in total. The van der Waals surface area contributed by atoms with E-state index in [0.717, 1.165) is 36.8 Å². The van der Waals surface area contributed by atoms with Gasteiger partial charge in [-0.15, -0.1) is 0 Å². The van der Waals surface area contributed by atoms with Gasteiger partial charge in [0.15, 0.2) is 17.2 Å². The highest BCUT2D eigenvalue weighted by Gasteiger charge is 2.27. The molecule has 2 aromatic heterocycles. The lowest BCUT2D eigenvalue weighted by Gasteiger charge is -2.26. The number of methoxy groups -OCH3 is 2. The van der Waals surface area contributed by atoms with Gasteiger partial charge in [-0.1, -0.05) is 6.07 Å². The molecular weight excluding hydrogens is 451 g/mol. The molecule has 1 saturated carbocycles. The molecule has 0 bridgehead atoms. The number of nitrogen functional groups attached to an aromatic ring is 1. The highest BCUT2D eigenvalue weighted by molar-refractivity contribution is 6.03. The van der Waals surface area contributed by atoms with Crippen LogP contribution in [0.3, 0.4) is 0 Å². The zero-order chi connectivity index (χ0) is 24.5. The van der Waals surface area contributed by atoms with Crippen molar-refractivity contribution in [3.8, 4) is 34.3 Å². The third-order valence-corrected chi connectivity index (χ3v) is 6.46. The van der Waals surface area contributed by atoms with Crippen LogP contribution in [0, 0.1) is 5.82 Å². The monoisotopic (exact) mass is 478 g/mol. The Bertz CT molecular complexity index is 1350. The number of fused-ring (bicyclic) bond motifs is 1. The highest BCUT2D eigenvalue weighted by atomic mass is 19.1. The lowest BCUT2D eigenvalue weighted by atomic mass is 9.93. The molecule has 0 aliphatic heterocycles. The Labute approximate surface area is 202 Å². The fourth-order valence-electron chi connectivity index (χ4n) is 4.62. The largest absolute Gasteiger partial charge is 0.494 e. The van der Waals surface area contributed by atoms with Crippen molar-refractivity contribution in [3.63, 3.8) is 0 Å². The smallest absolute Gasteiger partial charge is 0.207 e. The van der Waals surface area contributed by atoms with E-state index >= 15 is 0 Å². The number of aliphatic hydroxyl groups is 1. The van der Waals surface area contributed by atoms with Gasteiger partial charge >= 0.3 is 0 Å². The fraction of sp³-hybridized carbons (Fsp3) is 0.308. The van der Waals surface area contributed by atoms with Gasteiger partial charge in [0.2, 0.25) is 5.82 Å². The minimum absolute atomic E-state index is 0.0736. The van der Waals surface area contributed by atoms with Gasteiger partial charge < -0.3 is 25.1 Å². The van der Waals surface area contributed by atoms with Crippen LogP contribution in [0.1, 0.15) is 31.7 Å². The summed E-state index contributed by atoms with van der Waals surface area (Å²) in [5.74, 6) is 1.04. The van der Waals surface area contributed by atoms with E-state index in [0.29, 0.717) is 28.4 Å². The fourth-order valence-corrected chi connectivity index (χ4v) is 4.62. The van der Waals surface area contributed by atoms with Gasteiger partial charge in [0.05, 0.1) is 37.9 Å². The van der Waals surface area contributed by atoms with Crippen molar-refractivity contribution in [3.05, 3.63) is 54.5 Å². The van der Waals surface area contributed by atoms with Crippen LogP contribution in [0.25, 0.3) is 22.2 Å². The van der Waals surface area contributed by atoms with Crippen LogP contribution in [-0.4, -0.2) is 40.2 Å². The van der Waals surface area contributed by atoms with Gasteiger partial charge in [0.1, 0.15) is 22.8 Å². The molecule has 0 atom stereocenters. The van der Waals surface area contributed by atoms with E-state index in [1.807, 2.05) is 16.8 Å². The maximum atomic E-state index is 14.5. The summed E-state index contributed by atoms with van der Waals surface area (Å²) in [5, 5.41) is 15.6. The number of halogens is 1. The minimum atomic E-state index is -0.563. The molecule has 182 valence electrons. The number of benzene rings is 2. The second-order valence-corrected chi connectivity index (χ2v) is 8.59. The summed E-state index contributed by atoms with van der Waals surface area (Å²) in [4.78, 5) is 4.32. The number of pyridine rings is 1. The molecule has 5 rings (SSSR count). The number of aromatic nitrogens is 3. The molecule has 0 unspecified atom stereocenters. The number of nitrogens with zero attached hydrogens (tertiary/aromatic N) is 3. The number of aliphatic hydroxyl groups excluding tert-OH is 1. The van der Waals surface area contributed by atoms with E-state index in [-0.39, 0.29) is 23.6 Å². The average Bonchev–Trinajstić information content (AvgIpc) is 3.28. The minimum Gasteiger partial charge on any atom is -0.494 e. The Morgan fingerprint density at radius 3 is 2.34 bits per heavy atom. The molecule has 2 heterocycles. The van der Waals surface area contributed by atoms with E-state index in [1.165, 1.54) is 13.2 Å². The lowest BCUT2D eigenvalue weighted by molar-refractivity contribution is 0.109. The first-order valence-corrected chi connectivity index (χ1v) is 11.5. The second kappa shape index (κ2) is 9.42. The second-order valence-electron chi connectivity index (χ2n) is 8.59. The van der Waals surface area contributed by atoms with E-state index in [4.69, 9.17) is 25.0 Å². The van der Waals surface area contributed by atoms with Crippen LogP contribution in [0.2, 0.25) is 0 Å². The predicted octanol–water partition coefficient (Wildman–Crippen LogP) is 5.11. The first kappa shape index (κ1) is 22.9. The van der Waals surface area contributed by atoms with Crippen LogP contribution in [0.15, 0.2) is 48.7 Å². The first-order valence-electron chi connectivity index (χ1n) is 11.5. The number of nitrogens with two attached hydrogens (primary N) is 1. The molecule has 1 fully saturated rings. The SMILES string of the molecule is COc1cccc(Oc2ccc(-c3nn(C4CCC(O)CC4)c4c(OC)cnc(N)c34)cc2)c1F. The number of hydrogen-bond donors (Lipinski definition) is 2. The lowest BCUT2D eigenvalue weighted by Crippen LogP contribution is -2.22. The van der Waals surface area contributed by atoms with Gasteiger partial charge in [0.25, 0.3) is 0 Å². The molecule has 0 amide bonds. The van der Waals surface area contributed by atoms with Crippen LogP contribution in [0.4, 0.5) is 10.2 Å². The maximum absolute atomic E-state index is 14.5. The molecule has 9 heteroatoms. The number of hydrogen-bond acceptors (Lipinski definition) is 7. The zero-order valence-electron chi connectivity index (χ0n) is 19.6. The number of ether oxygens (including phenoxy) is 3. The standard InChI is InChI=1S/C26H27FN4O4/c1-33-19-4-3-5-20(23(19)27)35-18-12-6-15(7-13-18)24-22-25(21(34-2)14-29-26(22)28)31(30-24)16-8-10-17(32)11-9-16/h3-7,12-14,16-17,32H,8-11H2,1-2H3,(H2,28,29). The van der Waals surface area contributed by atoms with Gasteiger partial charge in [0, 0.05) is 5.56 Å². The predicted molar refractivity (Wildman–Crippen MR) is 130 cm³/mol. The Hall–Kier alpha value is -3.85. The molecular formula is C26H27FN4O4.